The van der Waals surface area contributed by atoms with E-state index in [0.717, 1.165) is 11.0 Å². The lowest BCUT2D eigenvalue weighted by molar-refractivity contribution is -0.147. The first-order chi connectivity index (χ1) is 12.5. The van der Waals surface area contributed by atoms with Crippen molar-refractivity contribution in [3.05, 3.63) is 58.3 Å². The summed E-state index contributed by atoms with van der Waals surface area (Å²) in [5.41, 5.74) is 1.99. The van der Waals surface area contributed by atoms with Crippen molar-refractivity contribution in [2.75, 3.05) is 11.9 Å². The fraction of sp³-hybridized carbons (Fsp3) is 0.167. The molecule has 0 aliphatic heterocycles. The second-order valence-electron chi connectivity index (χ2n) is 5.54. The number of ether oxygens (including phenoxy) is 1. The van der Waals surface area contributed by atoms with E-state index >= 15 is 0 Å². The number of carbonyl (C=O) groups excluding carboxylic acids is 2. The zero-order chi connectivity index (χ0) is 18.7. The molecular weight excluding hydrogens is 377 g/mol. The van der Waals surface area contributed by atoms with E-state index in [-0.39, 0.29) is 11.6 Å². The number of para-hydroxylation sites is 2. The zero-order valence-corrected chi connectivity index (χ0v) is 15.3. The maximum atomic E-state index is 12.1. The van der Waals surface area contributed by atoms with Crippen molar-refractivity contribution in [3.8, 4) is 0 Å². The maximum Gasteiger partial charge on any atom is 0.326 e. The number of benzene rings is 2. The lowest BCUT2D eigenvalue weighted by Crippen LogP contribution is -2.23. The number of imidazole rings is 1. The Bertz CT molecular complexity index is 985. The Kier molecular flexibility index (Phi) is 5.44. The number of aryl methyl sites for hydroxylation is 1. The summed E-state index contributed by atoms with van der Waals surface area (Å²) in [6.07, 6.45) is 0. The number of halogens is 2. The summed E-state index contributed by atoms with van der Waals surface area (Å²) in [6.45, 7) is 1.35. The molecule has 2 aromatic carbocycles. The molecule has 0 atom stereocenters. The third-order valence-corrected chi connectivity index (χ3v) is 4.54. The third-order valence-electron chi connectivity index (χ3n) is 3.72. The smallest absolute Gasteiger partial charge is 0.326 e. The molecule has 0 unspecified atom stereocenters. The Hall–Kier alpha value is -2.57. The first-order valence-corrected chi connectivity index (χ1v) is 8.52. The second kappa shape index (κ2) is 7.76. The predicted molar refractivity (Wildman–Crippen MR) is 101 cm³/mol. The first-order valence-electron chi connectivity index (χ1n) is 7.77. The third kappa shape index (κ3) is 3.98. The van der Waals surface area contributed by atoms with Crippen LogP contribution in [0.4, 0.5) is 5.69 Å². The minimum atomic E-state index is -0.538. The highest BCUT2D eigenvalue weighted by molar-refractivity contribution is 6.44. The minimum Gasteiger partial charge on any atom is -0.454 e. The van der Waals surface area contributed by atoms with Crippen molar-refractivity contribution in [3.63, 3.8) is 0 Å². The van der Waals surface area contributed by atoms with Crippen molar-refractivity contribution in [2.24, 2.45) is 0 Å². The molecule has 0 fully saturated rings. The Morgan fingerprint density at radius 1 is 1.15 bits per heavy atom. The van der Waals surface area contributed by atoms with Gasteiger partial charge in [0.2, 0.25) is 0 Å². The van der Waals surface area contributed by atoms with Crippen molar-refractivity contribution in [1.29, 1.82) is 0 Å². The van der Waals surface area contributed by atoms with Crippen LogP contribution in [0.15, 0.2) is 42.5 Å². The maximum absolute atomic E-state index is 12.1. The van der Waals surface area contributed by atoms with Gasteiger partial charge in [0.15, 0.2) is 6.61 Å². The average molecular weight is 392 g/mol. The van der Waals surface area contributed by atoms with Crippen LogP contribution in [0.5, 0.6) is 0 Å². The minimum absolute atomic E-state index is 0.0302. The van der Waals surface area contributed by atoms with Crippen LogP contribution in [0, 0.1) is 6.92 Å². The summed E-state index contributed by atoms with van der Waals surface area (Å²) in [6, 6.07) is 12.4. The molecular formula is C18H15Cl2N3O3. The molecule has 1 N–H and O–H groups in total. The van der Waals surface area contributed by atoms with Crippen LogP contribution in [-0.2, 0) is 20.9 Å². The lowest BCUT2D eigenvalue weighted by Gasteiger charge is -2.10. The highest BCUT2D eigenvalue weighted by Crippen LogP contribution is 2.29. The van der Waals surface area contributed by atoms with Gasteiger partial charge in [-0.25, -0.2) is 4.98 Å². The summed E-state index contributed by atoms with van der Waals surface area (Å²) in [7, 11) is 0. The molecule has 3 rings (SSSR count). The molecule has 134 valence electrons. The first kappa shape index (κ1) is 18.2. The molecule has 26 heavy (non-hydrogen) atoms. The number of hydrogen-bond acceptors (Lipinski definition) is 4. The molecule has 0 radical (unpaired) electrons. The van der Waals surface area contributed by atoms with Gasteiger partial charge in [-0.15, -0.1) is 0 Å². The van der Waals surface area contributed by atoms with Gasteiger partial charge >= 0.3 is 5.97 Å². The van der Waals surface area contributed by atoms with Gasteiger partial charge in [-0.05, 0) is 31.2 Å². The van der Waals surface area contributed by atoms with Crippen molar-refractivity contribution >= 4 is 51.8 Å². The Morgan fingerprint density at radius 2 is 1.92 bits per heavy atom. The fourth-order valence-corrected chi connectivity index (χ4v) is 2.85. The number of fused-ring (bicyclic) bond motifs is 1. The average Bonchev–Trinajstić information content (AvgIpc) is 2.93. The summed E-state index contributed by atoms with van der Waals surface area (Å²) in [5, 5.41) is 3.11. The summed E-state index contributed by atoms with van der Waals surface area (Å²) in [4.78, 5) is 28.4. The van der Waals surface area contributed by atoms with Crippen LogP contribution in [0.1, 0.15) is 5.82 Å². The molecule has 3 aromatic rings. The standard InChI is InChI=1S/C18H15Cl2N3O3/c1-11-21-13-6-2-3-8-15(13)23(11)9-17(25)26-10-16(24)22-14-7-4-5-12(19)18(14)20/h2-8H,9-10H2,1H3,(H,22,24). The summed E-state index contributed by atoms with van der Waals surface area (Å²) >= 11 is 11.9. The number of aromatic nitrogens is 2. The number of rotatable bonds is 5. The molecule has 0 aliphatic rings. The largest absolute Gasteiger partial charge is 0.454 e. The van der Waals surface area contributed by atoms with E-state index in [9.17, 15) is 9.59 Å². The molecule has 8 heteroatoms. The Morgan fingerprint density at radius 3 is 2.73 bits per heavy atom. The van der Waals surface area contributed by atoms with Gasteiger partial charge in [0, 0.05) is 0 Å². The predicted octanol–water partition coefficient (Wildman–Crippen LogP) is 3.83. The van der Waals surface area contributed by atoms with Crippen LogP contribution in [0.3, 0.4) is 0 Å². The van der Waals surface area contributed by atoms with Crippen molar-refractivity contribution < 1.29 is 14.3 Å². The number of esters is 1. The van der Waals surface area contributed by atoms with Crippen LogP contribution >= 0.6 is 23.2 Å². The van der Waals surface area contributed by atoms with Gasteiger partial charge in [0.1, 0.15) is 12.4 Å². The SMILES string of the molecule is Cc1nc2ccccc2n1CC(=O)OCC(=O)Nc1cccc(Cl)c1Cl. The zero-order valence-electron chi connectivity index (χ0n) is 13.8. The lowest BCUT2D eigenvalue weighted by atomic mass is 10.3. The number of nitrogens with zero attached hydrogens (tertiary/aromatic N) is 2. The van der Waals surface area contributed by atoms with Crippen LogP contribution in [-0.4, -0.2) is 28.0 Å². The quantitative estimate of drug-likeness (QED) is 0.670. The highest BCUT2D eigenvalue weighted by Gasteiger charge is 2.14. The van der Waals surface area contributed by atoms with Gasteiger partial charge in [-0.1, -0.05) is 41.4 Å². The number of carbonyl (C=O) groups is 2. The van der Waals surface area contributed by atoms with Crippen LogP contribution in [0.25, 0.3) is 11.0 Å². The number of anilines is 1. The molecule has 1 amide bonds. The van der Waals surface area contributed by atoms with Gasteiger partial charge < -0.3 is 14.6 Å². The topological polar surface area (TPSA) is 73.2 Å². The molecule has 1 aromatic heterocycles. The van der Waals surface area contributed by atoms with Gasteiger partial charge in [-0.2, -0.15) is 0 Å². The molecule has 0 aliphatic carbocycles. The normalized spacial score (nSPS) is 10.7. The van der Waals surface area contributed by atoms with Crippen molar-refractivity contribution in [1.82, 2.24) is 9.55 Å². The Balaban J connectivity index is 1.59. The molecule has 6 nitrogen and oxygen atoms in total. The van der Waals surface area contributed by atoms with Gasteiger partial charge in [-0.3, -0.25) is 9.59 Å². The van der Waals surface area contributed by atoms with Crippen molar-refractivity contribution in [2.45, 2.75) is 13.5 Å². The monoisotopic (exact) mass is 391 g/mol. The highest BCUT2D eigenvalue weighted by atomic mass is 35.5. The van der Waals surface area contributed by atoms with E-state index in [1.54, 1.807) is 29.7 Å². The molecule has 0 saturated heterocycles. The van der Waals surface area contributed by atoms with Gasteiger partial charge in [0.05, 0.1) is 26.8 Å². The summed E-state index contributed by atoms with van der Waals surface area (Å²) in [5.74, 6) is -0.350. The second-order valence-corrected chi connectivity index (χ2v) is 6.33. The van der Waals surface area contributed by atoms with E-state index in [0.29, 0.717) is 16.5 Å². The molecule has 0 saturated carbocycles. The van der Waals surface area contributed by atoms with Crippen LogP contribution < -0.4 is 5.32 Å². The fourth-order valence-electron chi connectivity index (χ4n) is 2.50. The number of nitrogens with one attached hydrogen (secondary N) is 1. The molecule has 1 heterocycles. The molecule has 0 bridgehead atoms. The van der Waals surface area contributed by atoms with Crippen LogP contribution in [0.2, 0.25) is 10.0 Å². The summed E-state index contributed by atoms with van der Waals surface area (Å²) < 4.78 is 6.79. The van der Waals surface area contributed by atoms with E-state index in [4.69, 9.17) is 27.9 Å². The van der Waals surface area contributed by atoms with E-state index < -0.39 is 18.5 Å². The van der Waals surface area contributed by atoms with E-state index in [1.165, 1.54) is 0 Å². The van der Waals surface area contributed by atoms with E-state index in [1.807, 2.05) is 24.3 Å². The number of amides is 1. The Labute approximate surface area is 159 Å². The number of hydrogen-bond donors (Lipinski definition) is 1. The van der Waals surface area contributed by atoms with Gasteiger partial charge in [0.25, 0.3) is 5.91 Å². The molecule has 0 spiro atoms. The van der Waals surface area contributed by atoms with E-state index in [2.05, 4.69) is 10.3 Å².